The van der Waals surface area contributed by atoms with Crippen molar-refractivity contribution in [3.05, 3.63) is 132 Å². The molecule has 0 aliphatic heterocycles. The normalized spacial score (nSPS) is 14.0. The quantitative estimate of drug-likeness (QED) is 0.0962. The molecule has 7 N–H and O–H groups in total. The van der Waals surface area contributed by atoms with Crippen molar-refractivity contribution < 1.29 is 42.3 Å². The Hall–Kier alpha value is -6.02. The van der Waals surface area contributed by atoms with E-state index in [0.717, 1.165) is 16.7 Å². The van der Waals surface area contributed by atoms with E-state index >= 15 is 0 Å². The van der Waals surface area contributed by atoms with Gasteiger partial charge in [0.05, 0.1) is 6.04 Å². The zero-order valence-electron chi connectivity index (χ0n) is 29.4. The van der Waals surface area contributed by atoms with Crippen molar-refractivity contribution >= 4 is 29.5 Å². The van der Waals surface area contributed by atoms with Crippen LogP contribution in [0.5, 0.6) is 0 Å². The second kappa shape index (κ2) is 19.2. The molecule has 11 nitrogen and oxygen atoms in total. The minimum Gasteiger partial charge on any atom is -0.382 e. The van der Waals surface area contributed by atoms with Gasteiger partial charge >= 0.3 is 6.18 Å². The number of benzene rings is 4. The van der Waals surface area contributed by atoms with Crippen LogP contribution < -0.4 is 27.0 Å². The summed E-state index contributed by atoms with van der Waals surface area (Å²) in [6, 6.07) is 28.1. The monoisotopic (exact) mass is 745 g/mol. The van der Waals surface area contributed by atoms with Gasteiger partial charge in [0.25, 0.3) is 5.91 Å². The molecule has 0 heterocycles. The molecule has 4 aromatic rings. The summed E-state index contributed by atoms with van der Waals surface area (Å²) in [5, 5.41) is 19.7. The van der Waals surface area contributed by atoms with E-state index in [1.165, 1.54) is 6.92 Å². The average molecular weight is 746 g/mol. The third-order valence-corrected chi connectivity index (χ3v) is 8.57. The standard InChI is InChI=1S/C40H42F3N5O6/c1-25(36(51)46-31(21-22-34(44)49)35(50)40(41,42)43)45-38(53)32(23-26-11-5-2-6-12-26)48-39(54)33(24-27-13-7-3-8-14-27)47-37(52)30-19-17-29(18-20-30)28-15-9-4-10-16-28/h2-20,25,31-33,35,50H,21-24H2,1H3,(H2,44,49)(H,45,53)(H,46,51)(H,47,52)(H,48,54)/t25-,31?,32-,33-,35?/m0/s1. The van der Waals surface area contributed by atoms with Crippen LogP contribution in [0, 0.1) is 0 Å². The van der Waals surface area contributed by atoms with E-state index in [1.807, 2.05) is 35.6 Å². The van der Waals surface area contributed by atoms with E-state index < -0.39 is 78.8 Å². The van der Waals surface area contributed by atoms with Crippen molar-refractivity contribution in [2.24, 2.45) is 5.73 Å². The largest absolute Gasteiger partial charge is 0.416 e. The molecule has 0 saturated carbocycles. The Bertz CT molecular complexity index is 1860. The second-order valence-corrected chi connectivity index (χ2v) is 12.7. The van der Waals surface area contributed by atoms with E-state index in [2.05, 4.69) is 16.0 Å². The van der Waals surface area contributed by atoms with E-state index in [-0.39, 0.29) is 12.8 Å². The lowest BCUT2D eigenvalue weighted by Gasteiger charge is -2.28. The fourth-order valence-electron chi connectivity index (χ4n) is 5.60. The third kappa shape index (κ3) is 12.3. The van der Waals surface area contributed by atoms with E-state index in [0.29, 0.717) is 11.1 Å². The first-order valence-corrected chi connectivity index (χ1v) is 17.2. The molecule has 5 atom stereocenters. The smallest absolute Gasteiger partial charge is 0.382 e. The van der Waals surface area contributed by atoms with Gasteiger partial charge in [0.2, 0.25) is 23.6 Å². The number of alkyl halides is 3. The highest BCUT2D eigenvalue weighted by atomic mass is 19.4. The highest BCUT2D eigenvalue weighted by Crippen LogP contribution is 2.24. The van der Waals surface area contributed by atoms with Crippen LogP contribution >= 0.6 is 0 Å². The molecule has 5 amide bonds. The van der Waals surface area contributed by atoms with Crippen molar-refractivity contribution in [3.63, 3.8) is 0 Å². The predicted molar refractivity (Wildman–Crippen MR) is 195 cm³/mol. The van der Waals surface area contributed by atoms with Crippen molar-refractivity contribution in [1.29, 1.82) is 0 Å². The number of hydrogen-bond acceptors (Lipinski definition) is 6. The van der Waals surface area contributed by atoms with Gasteiger partial charge in [-0.1, -0.05) is 103 Å². The van der Waals surface area contributed by atoms with Gasteiger partial charge in [0, 0.05) is 24.8 Å². The molecule has 0 radical (unpaired) electrons. The summed E-state index contributed by atoms with van der Waals surface area (Å²) in [6.45, 7) is 1.21. The van der Waals surface area contributed by atoms with Gasteiger partial charge in [0.15, 0.2) is 6.10 Å². The minimum absolute atomic E-state index is 0.0479. The Morgan fingerprint density at radius 2 is 1.09 bits per heavy atom. The van der Waals surface area contributed by atoms with Crippen molar-refractivity contribution in [3.8, 4) is 11.1 Å². The van der Waals surface area contributed by atoms with Gasteiger partial charge in [-0.25, -0.2) is 0 Å². The van der Waals surface area contributed by atoms with Crippen LogP contribution in [-0.2, 0) is 32.0 Å². The van der Waals surface area contributed by atoms with Gasteiger partial charge in [-0.15, -0.1) is 0 Å². The van der Waals surface area contributed by atoms with Crippen LogP contribution in [0.15, 0.2) is 115 Å². The average Bonchev–Trinajstić information content (AvgIpc) is 3.16. The molecule has 0 spiro atoms. The van der Waals surface area contributed by atoms with Gasteiger partial charge in [-0.05, 0) is 47.7 Å². The van der Waals surface area contributed by atoms with E-state index in [1.54, 1.807) is 84.9 Å². The number of amides is 5. The Balaban J connectivity index is 1.52. The Morgan fingerprint density at radius 3 is 1.59 bits per heavy atom. The number of aliphatic hydroxyl groups excluding tert-OH is 1. The van der Waals surface area contributed by atoms with Crippen LogP contribution in [-0.4, -0.2) is 71.1 Å². The van der Waals surface area contributed by atoms with Crippen molar-refractivity contribution in [2.75, 3.05) is 0 Å². The first-order chi connectivity index (χ1) is 25.7. The summed E-state index contributed by atoms with van der Waals surface area (Å²) in [5.74, 6) is -4.11. The molecule has 2 unspecified atom stereocenters. The molecule has 0 fully saturated rings. The van der Waals surface area contributed by atoms with Crippen LogP contribution in [0.4, 0.5) is 13.2 Å². The van der Waals surface area contributed by atoms with Crippen molar-refractivity contribution in [1.82, 2.24) is 21.3 Å². The molecule has 0 aliphatic rings. The number of hydrogen-bond donors (Lipinski definition) is 6. The fraction of sp³-hybridized carbons (Fsp3) is 0.275. The number of aliphatic hydroxyl groups is 1. The number of primary amides is 1. The predicted octanol–water partition coefficient (Wildman–Crippen LogP) is 3.60. The highest BCUT2D eigenvalue weighted by Gasteiger charge is 2.44. The van der Waals surface area contributed by atoms with Crippen molar-refractivity contribution in [2.45, 2.75) is 69.1 Å². The lowest BCUT2D eigenvalue weighted by molar-refractivity contribution is -0.212. The van der Waals surface area contributed by atoms with E-state index in [4.69, 9.17) is 5.73 Å². The van der Waals surface area contributed by atoms with Crippen LogP contribution in [0.3, 0.4) is 0 Å². The molecular formula is C40H42F3N5O6. The summed E-state index contributed by atoms with van der Waals surface area (Å²) in [6.07, 6.45) is -9.28. The lowest BCUT2D eigenvalue weighted by Crippen LogP contribution is -2.58. The molecule has 4 aromatic carbocycles. The van der Waals surface area contributed by atoms with Gasteiger partial charge < -0.3 is 32.1 Å². The Kier molecular flexibility index (Phi) is 14.5. The third-order valence-electron chi connectivity index (χ3n) is 8.57. The molecule has 54 heavy (non-hydrogen) atoms. The number of nitrogens with one attached hydrogen (secondary N) is 4. The summed E-state index contributed by atoms with van der Waals surface area (Å²) < 4.78 is 40.0. The zero-order valence-corrected chi connectivity index (χ0v) is 29.4. The molecule has 4 rings (SSSR count). The number of rotatable bonds is 17. The van der Waals surface area contributed by atoms with Crippen LogP contribution in [0.25, 0.3) is 11.1 Å². The number of carbonyl (C=O) groups excluding carboxylic acids is 5. The molecule has 14 heteroatoms. The SMILES string of the molecule is C[C@H](NC(=O)[C@H](Cc1ccccc1)NC(=O)[C@H](Cc1ccccc1)NC(=O)c1ccc(-c2ccccc2)cc1)C(=O)NC(CCC(N)=O)C(O)C(F)(F)F. The lowest BCUT2D eigenvalue weighted by atomic mass is 10.0. The van der Waals surface area contributed by atoms with E-state index in [9.17, 15) is 42.3 Å². The summed E-state index contributed by atoms with van der Waals surface area (Å²) in [7, 11) is 0. The fourth-order valence-corrected chi connectivity index (χ4v) is 5.60. The summed E-state index contributed by atoms with van der Waals surface area (Å²) in [4.78, 5) is 65.3. The maximum atomic E-state index is 14.0. The zero-order chi connectivity index (χ0) is 39.3. The van der Waals surface area contributed by atoms with Crippen LogP contribution in [0.1, 0.15) is 41.3 Å². The number of nitrogens with two attached hydrogens (primary N) is 1. The Labute approximate surface area is 310 Å². The maximum Gasteiger partial charge on any atom is 0.416 e. The molecule has 0 aromatic heterocycles. The summed E-state index contributed by atoms with van der Waals surface area (Å²) >= 11 is 0. The highest BCUT2D eigenvalue weighted by molar-refractivity contribution is 5.99. The molecule has 0 aliphatic carbocycles. The second-order valence-electron chi connectivity index (χ2n) is 12.7. The molecule has 0 saturated heterocycles. The molecular weight excluding hydrogens is 703 g/mol. The minimum atomic E-state index is -5.12. The number of halogens is 3. The van der Waals surface area contributed by atoms with Crippen LogP contribution in [0.2, 0.25) is 0 Å². The molecule has 0 bridgehead atoms. The maximum absolute atomic E-state index is 14.0. The topological polar surface area (TPSA) is 180 Å². The first kappa shape index (κ1) is 40.7. The first-order valence-electron chi connectivity index (χ1n) is 17.2. The van der Waals surface area contributed by atoms with Gasteiger partial charge in [0.1, 0.15) is 18.1 Å². The number of carbonyl (C=O) groups is 5. The molecule has 284 valence electrons. The Morgan fingerprint density at radius 1 is 0.630 bits per heavy atom. The van der Waals surface area contributed by atoms with Gasteiger partial charge in [-0.2, -0.15) is 13.2 Å². The summed E-state index contributed by atoms with van der Waals surface area (Å²) in [5.41, 5.74) is 8.56. The van der Waals surface area contributed by atoms with Gasteiger partial charge in [-0.3, -0.25) is 24.0 Å².